The van der Waals surface area contributed by atoms with Crippen LogP contribution >= 0.6 is 11.6 Å². The Morgan fingerprint density at radius 2 is 2.11 bits per heavy atom. The lowest BCUT2D eigenvalue weighted by Crippen LogP contribution is -2.22. The summed E-state index contributed by atoms with van der Waals surface area (Å²) in [5.74, 6) is -0.613. The Bertz CT molecular complexity index is 565. The highest BCUT2D eigenvalue weighted by Crippen LogP contribution is 2.13. The number of hydrogen-bond acceptors (Lipinski definition) is 2. The molecule has 2 aromatic rings. The van der Waals surface area contributed by atoms with Crippen molar-refractivity contribution in [1.29, 1.82) is 0 Å². The van der Waals surface area contributed by atoms with Crippen molar-refractivity contribution < 1.29 is 9.18 Å². The molecule has 1 amide bonds. The van der Waals surface area contributed by atoms with E-state index < -0.39 is 0 Å². The molecular formula is C12H11ClFN3O. The van der Waals surface area contributed by atoms with Crippen LogP contribution in [0.4, 0.5) is 4.39 Å². The van der Waals surface area contributed by atoms with Crippen LogP contribution in [0.25, 0.3) is 0 Å². The van der Waals surface area contributed by atoms with Crippen LogP contribution in [-0.2, 0) is 13.6 Å². The Kier molecular flexibility index (Phi) is 3.62. The minimum Gasteiger partial charge on any atom is -0.348 e. The molecule has 0 aliphatic carbocycles. The molecule has 0 atom stereocenters. The quantitative estimate of drug-likeness (QED) is 0.926. The van der Waals surface area contributed by atoms with Crippen molar-refractivity contribution >= 4 is 17.5 Å². The van der Waals surface area contributed by atoms with E-state index in [9.17, 15) is 9.18 Å². The zero-order chi connectivity index (χ0) is 13.1. The molecule has 1 aromatic carbocycles. The van der Waals surface area contributed by atoms with Crippen LogP contribution < -0.4 is 5.32 Å². The Morgan fingerprint density at radius 3 is 2.67 bits per heavy atom. The molecule has 0 spiro atoms. The smallest absolute Gasteiger partial charge is 0.256 e. The van der Waals surface area contributed by atoms with Gasteiger partial charge in [-0.05, 0) is 17.7 Å². The van der Waals surface area contributed by atoms with Crippen LogP contribution in [0.15, 0.2) is 30.5 Å². The van der Waals surface area contributed by atoms with Gasteiger partial charge in [-0.15, -0.1) is 0 Å². The maximum atomic E-state index is 12.7. The number of aryl methyl sites for hydroxylation is 1. The second-order valence-electron chi connectivity index (χ2n) is 3.78. The van der Waals surface area contributed by atoms with Crippen LogP contribution in [0.3, 0.4) is 0 Å². The highest BCUT2D eigenvalue weighted by Gasteiger charge is 2.13. The van der Waals surface area contributed by atoms with Crippen LogP contribution in [0, 0.1) is 5.82 Å². The van der Waals surface area contributed by atoms with E-state index in [0.717, 1.165) is 5.56 Å². The number of halogens is 2. The van der Waals surface area contributed by atoms with Crippen molar-refractivity contribution in [2.45, 2.75) is 6.54 Å². The van der Waals surface area contributed by atoms with Gasteiger partial charge >= 0.3 is 0 Å². The van der Waals surface area contributed by atoms with Crippen molar-refractivity contribution in [2.24, 2.45) is 7.05 Å². The average Bonchev–Trinajstić information content (AvgIpc) is 2.69. The third-order valence-electron chi connectivity index (χ3n) is 2.48. The van der Waals surface area contributed by atoms with Gasteiger partial charge in [-0.1, -0.05) is 23.7 Å². The standard InChI is InChI=1S/C12H11ClFN3O/c1-17-11(13)10(7-16-17)12(18)15-6-8-2-4-9(14)5-3-8/h2-5,7H,6H2,1H3,(H,15,18). The predicted octanol–water partition coefficient (Wildman–Crippen LogP) is 2.14. The highest BCUT2D eigenvalue weighted by atomic mass is 35.5. The van der Waals surface area contributed by atoms with Gasteiger partial charge in [-0.2, -0.15) is 5.10 Å². The molecule has 94 valence electrons. The van der Waals surface area contributed by atoms with E-state index in [2.05, 4.69) is 10.4 Å². The van der Waals surface area contributed by atoms with Gasteiger partial charge in [-0.3, -0.25) is 9.48 Å². The monoisotopic (exact) mass is 267 g/mol. The normalized spacial score (nSPS) is 10.4. The molecule has 2 rings (SSSR count). The van der Waals surface area contributed by atoms with Gasteiger partial charge in [0.25, 0.3) is 5.91 Å². The summed E-state index contributed by atoms with van der Waals surface area (Å²) < 4.78 is 14.1. The van der Waals surface area contributed by atoms with Gasteiger partial charge in [0.05, 0.1) is 11.8 Å². The summed E-state index contributed by atoms with van der Waals surface area (Å²) in [6.07, 6.45) is 1.41. The first kappa shape index (κ1) is 12.6. The van der Waals surface area contributed by atoms with E-state index in [1.54, 1.807) is 19.2 Å². The third kappa shape index (κ3) is 2.68. The molecule has 1 heterocycles. The van der Waals surface area contributed by atoms with E-state index in [1.165, 1.54) is 23.0 Å². The highest BCUT2D eigenvalue weighted by molar-refractivity contribution is 6.32. The molecule has 0 unspecified atom stereocenters. The fourth-order valence-electron chi connectivity index (χ4n) is 1.45. The second kappa shape index (κ2) is 5.18. The Labute approximate surface area is 108 Å². The first-order valence-electron chi connectivity index (χ1n) is 5.28. The molecule has 18 heavy (non-hydrogen) atoms. The number of carbonyl (C=O) groups is 1. The number of aromatic nitrogens is 2. The van der Waals surface area contributed by atoms with E-state index in [-0.39, 0.29) is 16.9 Å². The van der Waals surface area contributed by atoms with Crippen molar-refractivity contribution in [1.82, 2.24) is 15.1 Å². The molecule has 0 aliphatic heterocycles. The summed E-state index contributed by atoms with van der Waals surface area (Å²) in [6.45, 7) is 0.310. The summed E-state index contributed by atoms with van der Waals surface area (Å²) in [6, 6.07) is 5.91. The van der Waals surface area contributed by atoms with Crippen molar-refractivity contribution in [3.63, 3.8) is 0 Å². The second-order valence-corrected chi connectivity index (χ2v) is 4.14. The summed E-state index contributed by atoms with van der Waals surface area (Å²) in [5, 5.41) is 6.85. The Hall–Kier alpha value is -1.88. The summed E-state index contributed by atoms with van der Waals surface area (Å²) in [7, 11) is 1.65. The maximum Gasteiger partial charge on any atom is 0.256 e. The number of nitrogens with zero attached hydrogens (tertiary/aromatic N) is 2. The van der Waals surface area contributed by atoms with Crippen LogP contribution in [0.5, 0.6) is 0 Å². The van der Waals surface area contributed by atoms with Gasteiger partial charge in [0.2, 0.25) is 0 Å². The van der Waals surface area contributed by atoms with Crippen LogP contribution in [0.2, 0.25) is 5.15 Å². The molecular weight excluding hydrogens is 257 g/mol. The van der Waals surface area contributed by atoms with Crippen molar-refractivity contribution in [3.05, 3.63) is 52.6 Å². The lowest BCUT2D eigenvalue weighted by molar-refractivity contribution is 0.0951. The fourth-order valence-corrected chi connectivity index (χ4v) is 1.63. The zero-order valence-corrected chi connectivity index (χ0v) is 10.4. The molecule has 0 fully saturated rings. The van der Waals surface area contributed by atoms with Gasteiger partial charge in [0.1, 0.15) is 11.0 Å². The molecule has 1 aromatic heterocycles. The number of carbonyl (C=O) groups excluding carboxylic acids is 1. The molecule has 6 heteroatoms. The third-order valence-corrected chi connectivity index (χ3v) is 2.93. The van der Waals surface area contributed by atoms with E-state index in [0.29, 0.717) is 12.1 Å². The van der Waals surface area contributed by atoms with Gasteiger partial charge < -0.3 is 5.32 Å². The van der Waals surface area contributed by atoms with E-state index in [4.69, 9.17) is 11.6 Å². The predicted molar refractivity (Wildman–Crippen MR) is 65.8 cm³/mol. The molecule has 0 aliphatic rings. The molecule has 0 bridgehead atoms. The lowest BCUT2D eigenvalue weighted by Gasteiger charge is -2.04. The number of nitrogens with one attached hydrogen (secondary N) is 1. The average molecular weight is 268 g/mol. The Morgan fingerprint density at radius 1 is 1.44 bits per heavy atom. The summed E-state index contributed by atoms with van der Waals surface area (Å²) in [5.41, 5.74) is 1.13. The Balaban J connectivity index is 2.00. The number of hydrogen-bond donors (Lipinski definition) is 1. The van der Waals surface area contributed by atoms with E-state index >= 15 is 0 Å². The van der Waals surface area contributed by atoms with E-state index in [1.807, 2.05) is 0 Å². The first-order valence-corrected chi connectivity index (χ1v) is 5.66. The maximum absolute atomic E-state index is 12.7. The lowest BCUT2D eigenvalue weighted by atomic mass is 10.2. The van der Waals surface area contributed by atoms with Crippen molar-refractivity contribution in [3.8, 4) is 0 Å². The molecule has 0 saturated heterocycles. The van der Waals surface area contributed by atoms with Crippen LogP contribution in [0.1, 0.15) is 15.9 Å². The molecule has 1 N–H and O–H groups in total. The van der Waals surface area contributed by atoms with Gasteiger partial charge in [0, 0.05) is 13.6 Å². The molecule has 0 radical (unpaired) electrons. The van der Waals surface area contributed by atoms with Crippen LogP contribution in [-0.4, -0.2) is 15.7 Å². The topological polar surface area (TPSA) is 46.9 Å². The van der Waals surface area contributed by atoms with Gasteiger partial charge in [0.15, 0.2) is 0 Å². The SMILES string of the molecule is Cn1ncc(C(=O)NCc2ccc(F)cc2)c1Cl. The minimum absolute atomic E-state index is 0.284. The number of rotatable bonds is 3. The minimum atomic E-state index is -0.308. The zero-order valence-electron chi connectivity index (χ0n) is 9.65. The summed E-state index contributed by atoms with van der Waals surface area (Å²) >= 11 is 5.90. The molecule has 0 saturated carbocycles. The first-order chi connectivity index (χ1) is 8.58. The number of amides is 1. The number of benzene rings is 1. The summed E-state index contributed by atoms with van der Waals surface area (Å²) in [4.78, 5) is 11.8. The van der Waals surface area contributed by atoms with Gasteiger partial charge in [-0.25, -0.2) is 4.39 Å². The molecule has 4 nitrogen and oxygen atoms in total. The van der Waals surface area contributed by atoms with Crippen molar-refractivity contribution in [2.75, 3.05) is 0 Å². The fraction of sp³-hybridized carbons (Fsp3) is 0.167. The largest absolute Gasteiger partial charge is 0.348 e.